The standard InChI is InChI=1S/C18H22O4/c1-6-7-12-8-13-9-14(20-3)10-15(21-4)17(13)18(22-5)16(12)11(2)19/h8-10H,6-7H2,1-5H3. The summed E-state index contributed by atoms with van der Waals surface area (Å²) in [6.45, 7) is 3.66. The Morgan fingerprint density at radius 3 is 2.27 bits per heavy atom. The first-order valence-corrected chi connectivity index (χ1v) is 7.33. The SMILES string of the molecule is CCCc1cc2cc(OC)cc(OC)c2c(OC)c1C(C)=O. The summed E-state index contributed by atoms with van der Waals surface area (Å²) in [4.78, 5) is 12.1. The molecule has 0 saturated carbocycles. The van der Waals surface area contributed by atoms with Crippen molar-refractivity contribution in [3.8, 4) is 17.2 Å². The smallest absolute Gasteiger partial charge is 0.163 e. The molecule has 2 aromatic carbocycles. The summed E-state index contributed by atoms with van der Waals surface area (Å²) in [5.74, 6) is 1.93. The van der Waals surface area contributed by atoms with Crippen molar-refractivity contribution < 1.29 is 19.0 Å². The van der Waals surface area contributed by atoms with Gasteiger partial charge in [-0.05, 0) is 36.4 Å². The summed E-state index contributed by atoms with van der Waals surface area (Å²) in [5, 5.41) is 1.75. The molecule has 0 aliphatic rings. The minimum absolute atomic E-state index is 0.0000658. The number of hydrogen-bond donors (Lipinski definition) is 0. The molecule has 0 aliphatic heterocycles. The van der Waals surface area contributed by atoms with Gasteiger partial charge >= 0.3 is 0 Å². The van der Waals surface area contributed by atoms with Crippen LogP contribution in [-0.2, 0) is 6.42 Å². The molecular formula is C18H22O4. The zero-order valence-electron chi connectivity index (χ0n) is 13.8. The first-order chi connectivity index (χ1) is 10.6. The zero-order chi connectivity index (χ0) is 16.3. The number of rotatable bonds is 6. The largest absolute Gasteiger partial charge is 0.497 e. The summed E-state index contributed by atoms with van der Waals surface area (Å²) < 4.78 is 16.4. The van der Waals surface area contributed by atoms with E-state index in [1.807, 2.05) is 12.1 Å². The van der Waals surface area contributed by atoms with Gasteiger partial charge in [-0.25, -0.2) is 0 Å². The normalized spacial score (nSPS) is 10.6. The highest BCUT2D eigenvalue weighted by Gasteiger charge is 2.20. The van der Waals surface area contributed by atoms with E-state index in [2.05, 4.69) is 6.92 Å². The number of hydrogen-bond acceptors (Lipinski definition) is 4. The fraction of sp³-hybridized carbons (Fsp3) is 0.389. The number of benzene rings is 2. The van der Waals surface area contributed by atoms with Crippen LogP contribution in [0.5, 0.6) is 17.2 Å². The van der Waals surface area contributed by atoms with E-state index in [1.54, 1.807) is 34.3 Å². The Bertz CT molecular complexity index is 704. The molecule has 0 N–H and O–H groups in total. The third-order valence-electron chi connectivity index (χ3n) is 3.74. The lowest BCUT2D eigenvalue weighted by atomic mass is 9.94. The van der Waals surface area contributed by atoms with Crippen molar-refractivity contribution in [2.75, 3.05) is 21.3 Å². The van der Waals surface area contributed by atoms with Gasteiger partial charge in [0.15, 0.2) is 5.78 Å². The summed E-state index contributed by atoms with van der Waals surface area (Å²) >= 11 is 0. The maximum Gasteiger partial charge on any atom is 0.163 e. The van der Waals surface area contributed by atoms with E-state index in [0.29, 0.717) is 22.8 Å². The number of methoxy groups -OCH3 is 3. The van der Waals surface area contributed by atoms with Crippen LogP contribution in [0.25, 0.3) is 10.8 Å². The van der Waals surface area contributed by atoms with Gasteiger partial charge in [-0.15, -0.1) is 0 Å². The molecular weight excluding hydrogens is 280 g/mol. The van der Waals surface area contributed by atoms with Crippen molar-refractivity contribution in [2.24, 2.45) is 0 Å². The molecule has 0 atom stereocenters. The van der Waals surface area contributed by atoms with Gasteiger partial charge in [0, 0.05) is 6.07 Å². The van der Waals surface area contributed by atoms with Crippen molar-refractivity contribution in [1.82, 2.24) is 0 Å². The van der Waals surface area contributed by atoms with Crippen LogP contribution in [0.2, 0.25) is 0 Å². The molecule has 0 fully saturated rings. The Morgan fingerprint density at radius 2 is 1.77 bits per heavy atom. The molecule has 0 bridgehead atoms. The van der Waals surface area contributed by atoms with E-state index >= 15 is 0 Å². The number of fused-ring (bicyclic) bond motifs is 1. The van der Waals surface area contributed by atoms with E-state index in [1.165, 1.54) is 0 Å². The van der Waals surface area contributed by atoms with Crippen molar-refractivity contribution >= 4 is 16.6 Å². The summed E-state index contributed by atoms with van der Waals surface area (Å²) in [5.41, 5.74) is 1.63. The van der Waals surface area contributed by atoms with E-state index in [4.69, 9.17) is 14.2 Å². The molecule has 118 valence electrons. The van der Waals surface area contributed by atoms with Crippen LogP contribution < -0.4 is 14.2 Å². The van der Waals surface area contributed by atoms with Gasteiger partial charge in [0.2, 0.25) is 0 Å². The predicted molar refractivity (Wildman–Crippen MR) is 87.6 cm³/mol. The van der Waals surface area contributed by atoms with Crippen molar-refractivity contribution in [3.05, 3.63) is 29.3 Å². The molecule has 0 saturated heterocycles. The van der Waals surface area contributed by atoms with E-state index < -0.39 is 0 Å². The van der Waals surface area contributed by atoms with Crippen LogP contribution in [0.4, 0.5) is 0 Å². The maximum absolute atomic E-state index is 12.1. The number of ketones is 1. The van der Waals surface area contributed by atoms with Gasteiger partial charge in [0.05, 0.1) is 32.3 Å². The van der Waals surface area contributed by atoms with Crippen LogP contribution in [-0.4, -0.2) is 27.1 Å². The third kappa shape index (κ3) is 2.73. The number of aryl methyl sites for hydroxylation is 1. The Hall–Kier alpha value is -2.23. The van der Waals surface area contributed by atoms with Crippen LogP contribution in [0.15, 0.2) is 18.2 Å². The topological polar surface area (TPSA) is 44.8 Å². The lowest BCUT2D eigenvalue weighted by Crippen LogP contribution is -2.05. The maximum atomic E-state index is 12.1. The minimum Gasteiger partial charge on any atom is -0.497 e. The number of Topliss-reactive ketones (excluding diaryl/α,β-unsaturated/α-hetero) is 1. The molecule has 22 heavy (non-hydrogen) atoms. The molecule has 0 unspecified atom stereocenters. The van der Waals surface area contributed by atoms with E-state index in [0.717, 1.165) is 29.2 Å². The number of carbonyl (C=O) groups excluding carboxylic acids is 1. The number of ether oxygens (including phenoxy) is 3. The Morgan fingerprint density at radius 1 is 1.05 bits per heavy atom. The Labute approximate surface area is 131 Å². The molecule has 0 amide bonds. The zero-order valence-corrected chi connectivity index (χ0v) is 13.8. The highest BCUT2D eigenvalue weighted by atomic mass is 16.5. The van der Waals surface area contributed by atoms with E-state index in [9.17, 15) is 4.79 Å². The van der Waals surface area contributed by atoms with Crippen LogP contribution >= 0.6 is 0 Å². The van der Waals surface area contributed by atoms with Crippen LogP contribution in [0.3, 0.4) is 0 Å². The van der Waals surface area contributed by atoms with Crippen LogP contribution in [0.1, 0.15) is 36.2 Å². The predicted octanol–water partition coefficient (Wildman–Crippen LogP) is 4.02. The second-order valence-electron chi connectivity index (χ2n) is 5.18. The summed E-state index contributed by atoms with van der Waals surface area (Å²) in [6.07, 6.45) is 1.77. The highest BCUT2D eigenvalue weighted by Crippen LogP contribution is 2.41. The Balaban J connectivity index is 2.93. The van der Waals surface area contributed by atoms with Crippen LogP contribution in [0, 0.1) is 0 Å². The molecule has 2 aromatic rings. The average molecular weight is 302 g/mol. The second-order valence-corrected chi connectivity index (χ2v) is 5.18. The van der Waals surface area contributed by atoms with Gasteiger partial charge in [0.1, 0.15) is 17.2 Å². The lowest BCUT2D eigenvalue weighted by molar-refractivity contribution is 0.101. The van der Waals surface area contributed by atoms with E-state index in [-0.39, 0.29) is 5.78 Å². The monoisotopic (exact) mass is 302 g/mol. The number of carbonyl (C=O) groups is 1. The highest BCUT2D eigenvalue weighted by molar-refractivity contribution is 6.07. The van der Waals surface area contributed by atoms with Gasteiger partial charge in [0.25, 0.3) is 0 Å². The summed E-state index contributed by atoms with van der Waals surface area (Å²) in [6, 6.07) is 5.76. The third-order valence-corrected chi connectivity index (χ3v) is 3.74. The molecule has 0 aromatic heterocycles. The molecule has 0 aliphatic carbocycles. The van der Waals surface area contributed by atoms with Crippen molar-refractivity contribution in [1.29, 1.82) is 0 Å². The molecule has 2 rings (SSSR count). The first kappa shape index (κ1) is 16.1. The fourth-order valence-electron chi connectivity index (χ4n) is 2.83. The lowest BCUT2D eigenvalue weighted by Gasteiger charge is -2.17. The second kappa shape index (κ2) is 6.69. The molecule has 0 heterocycles. The molecule has 0 radical (unpaired) electrons. The first-order valence-electron chi connectivity index (χ1n) is 7.33. The molecule has 4 nitrogen and oxygen atoms in total. The van der Waals surface area contributed by atoms with Gasteiger partial charge in [-0.3, -0.25) is 4.79 Å². The Kier molecular flexibility index (Phi) is 4.91. The quantitative estimate of drug-likeness (QED) is 0.756. The van der Waals surface area contributed by atoms with Crippen molar-refractivity contribution in [3.63, 3.8) is 0 Å². The average Bonchev–Trinajstić information content (AvgIpc) is 2.52. The van der Waals surface area contributed by atoms with Crippen molar-refractivity contribution in [2.45, 2.75) is 26.7 Å². The van der Waals surface area contributed by atoms with Gasteiger partial charge in [-0.2, -0.15) is 0 Å². The summed E-state index contributed by atoms with van der Waals surface area (Å²) in [7, 11) is 4.80. The minimum atomic E-state index is 0.0000658. The molecule has 0 spiro atoms. The molecule has 4 heteroatoms. The van der Waals surface area contributed by atoms with Gasteiger partial charge in [-0.1, -0.05) is 13.3 Å². The fourth-order valence-corrected chi connectivity index (χ4v) is 2.83. The van der Waals surface area contributed by atoms with Gasteiger partial charge < -0.3 is 14.2 Å².